The molecule has 0 saturated heterocycles. The third kappa shape index (κ3) is 3.15. The number of hydrogen-bond donors (Lipinski definition) is 3. The number of carbonyl (C=O) groups is 1. The normalized spacial score (nSPS) is 11.0. The second-order valence-electron chi connectivity index (χ2n) is 4.86. The van der Waals surface area contributed by atoms with E-state index in [1.807, 2.05) is 30.5 Å². The van der Waals surface area contributed by atoms with Gasteiger partial charge in [0.25, 0.3) is 0 Å². The minimum absolute atomic E-state index is 0.0718. The van der Waals surface area contributed by atoms with E-state index in [0.717, 1.165) is 16.5 Å². The Morgan fingerprint density at radius 1 is 1.36 bits per heavy atom. The number of aromatic amines is 1. The molecule has 0 spiro atoms. The van der Waals surface area contributed by atoms with Gasteiger partial charge in [0.2, 0.25) is 17.6 Å². The summed E-state index contributed by atoms with van der Waals surface area (Å²) in [6.45, 7) is 0.182. The summed E-state index contributed by atoms with van der Waals surface area (Å²) >= 11 is 0. The topological polar surface area (TPSA) is 104 Å². The number of carbonyl (C=O) groups excluding carboxylic acids is 1. The van der Waals surface area contributed by atoms with Crippen molar-refractivity contribution in [2.75, 3.05) is 13.2 Å². The second kappa shape index (κ2) is 6.40. The maximum Gasteiger partial charge on any atom is 0.227 e. The third-order valence-electron chi connectivity index (χ3n) is 3.28. The monoisotopic (exact) mass is 300 g/mol. The molecule has 3 aromatic rings. The van der Waals surface area contributed by atoms with Crippen LogP contribution < -0.4 is 5.32 Å². The van der Waals surface area contributed by atoms with E-state index in [0.29, 0.717) is 18.1 Å². The summed E-state index contributed by atoms with van der Waals surface area (Å²) in [5, 5.41) is 16.3. The van der Waals surface area contributed by atoms with Gasteiger partial charge in [0, 0.05) is 36.7 Å². The number of aryl methyl sites for hydroxylation is 1. The van der Waals surface area contributed by atoms with Gasteiger partial charge in [-0.2, -0.15) is 4.98 Å². The molecule has 0 radical (unpaired) electrons. The van der Waals surface area contributed by atoms with Gasteiger partial charge >= 0.3 is 0 Å². The van der Waals surface area contributed by atoms with E-state index < -0.39 is 0 Å². The van der Waals surface area contributed by atoms with E-state index in [1.54, 1.807) is 0 Å². The summed E-state index contributed by atoms with van der Waals surface area (Å²) < 4.78 is 5.17. The first-order valence-electron chi connectivity index (χ1n) is 7.04. The van der Waals surface area contributed by atoms with E-state index in [-0.39, 0.29) is 25.5 Å². The zero-order valence-corrected chi connectivity index (χ0v) is 11.9. The molecule has 3 N–H and O–H groups in total. The van der Waals surface area contributed by atoms with Crippen LogP contribution in [-0.2, 0) is 11.2 Å². The van der Waals surface area contributed by atoms with Gasteiger partial charge in [0.1, 0.15) is 0 Å². The number of aromatic nitrogens is 3. The molecule has 0 bridgehead atoms. The molecular weight excluding hydrogens is 284 g/mol. The number of aliphatic hydroxyl groups is 1. The highest BCUT2D eigenvalue weighted by atomic mass is 16.5. The Labute approximate surface area is 126 Å². The Balaban J connectivity index is 1.66. The number of rotatable bonds is 6. The second-order valence-corrected chi connectivity index (χ2v) is 4.86. The molecule has 0 aliphatic carbocycles. The Hall–Kier alpha value is -2.67. The van der Waals surface area contributed by atoms with Gasteiger partial charge in [-0.1, -0.05) is 17.3 Å². The van der Waals surface area contributed by atoms with Gasteiger partial charge in [-0.3, -0.25) is 4.79 Å². The molecule has 0 atom stereocenters. The summed E-state index contributed by atoms with van der Waals surface area (Å²) in [5.41, 5.74) is 1.86. The highest BCUT2D eigenvalue weighted by Crippen LogP contribution is 2.21. The molecule has 1 amide bonds. The zero-order valence-electron chi connectivity index (χ0n) is 11.9. The van der Waals surface area contributed by atoms with E-state index in [2.05, 4.69) is 20.4 Å². The molecular formula is C15H16N4O3. The molecule has 2 aromatic heterocycles. The molecule has 0 fully saturated rings. The van der Waals surface area contributed by atoms with Crippen LogP contribution >= 0.6 is 0 Å². The number of fused-ring (bicyclic) bond motifs is 1. The fourth-order valence-electron chi connectivity index (χ4n) is 2.16. The van der Waals surface area contributed by atoms with E-state index in [9.17, 15) is 4.79 Å². The minimum Gasteiger partial charge on any atom is -0.395 e. The number of benzene rings is 1. The van der Waals surface area contributed by atoms with Crippen molar-refractivity contribution in [3.05, 3.63) is 36.4 Å². The summed E-state index contributed by atoms with van der Waals surface area (Å²) in [6, 6.07) is 7.86. The summed E-state index contributed by atoms with van der Waals surface area (Å²) in [7, 11) is 0. The van der Waals surface area contributed by atoms with Crippen molar-refractivity contribution in [2.45, 2.75) is 12.8 Å². The van der Waals surface area contributed by atoms with Crippen LogP contribution in [0.5, 0.6) is 0 Å². The summed E-state index contributed by atoms with van der Waals surface area (Å²) in [6.07, 6.45) is 2.49. The van der Waals surface area contributed by atoms with E-state index in [4.69, 9.17) is 9.63 Å². The predicted octanol–water partition coefficient (Wildman–Crippen LogP) is 1.26. The number of amides is 1. The first-order valence-corrected chi connectivity index (χ1v) is 7.04. The average molecular weight is 300 g/mol. The highest BCUT2D eigenvalue weighted by molar-refractivity contribution is 5.83. The minimum atomic E-state index is -0.151. The average Bonchev–Trinajstić information content (AvgIpc) is 3.18. The summed E-state index contributed by atoms with van der Waals surface area (Å²) in [4.78, 5) is 18.9. The Morgan fingerprint density at radius 2 is 2.27 bits per heavy atom. The van der Waals surface area contributed by atoms with E-state index in [1.165, 1.54) is 0 Å². The van der Waals surface area contributed by atoms with Crippen LogP contribution in [0.4, 0.5) is 0 Å². The van der Waals surface area contributed by atoms with Gasteiger partial charge in [0.15, 0.2) is 0 Å². The number of hydrogen-bond acceptors (Lipinski definition) is 5. The standard InChI is InChI=1S/C15H16N4O3/c20-8-7-17-13(21)3-4-14-18-15(19-22-14)11-2-1-10-5-6-16-12(10)9-11/h1-2,5-6,9,16,20H,3-4,7-8H2,(H,17,21). The first kappa shape index (κ1) is 14.3. The molecule has 0 unspecified atom stereocenters. The quantitative estimate of drug-likeness (QED) is 0.635. The predicted molar refractivity (Wildman–Crippen MR) is 80.0 cm³/mol. The molecule has 7 nitrogen and oxygen atoms in total. The van der Waals surface area contributed by atoms with Crippen molar-refractivity contribution in [1.82, 2.24) is 20.4 Å². The van der Waals surface area contributed by atoms with Crippen LogP contribution in [0.1, 0.15) is 12.3 Å². The molecule has 1 aromatic carbocycles. The van der Waals surface area contributed by atoms with Crippen molar-refractivity contribution in [1.29, 1.82) is 0 Å². The number of aliphatic hydroxyl groups excluding tert-OH is 1. The van der Waals surface area contributed by atoms with Gasteiger partial charge in [-0.05, 0) is 17.5 Å². The molecule has 0 aliphatic heterocycles. The van der Waals surface area contributed by atoms with Crippen molar-refractivity contribution >= 4 is 16.8 Å². The van der Waals surface area contributed by atoms with Crippen LogP contribution in [0.3, 0.4) is 0 Å². The van der Waals surface area contributed by atoms with Crippen molar-refractivity contribution in [3.63, 3.8) is 0 Å². The van der Waals surface area contributed by atoms with Crippen LogP contribution in [0.15, 0.2) is 35.0 Å². The zero-order chi connectivity index (χ0) is 15.4. The Bertz CT molecular complexity index is 778. The maximum atomic E-state index is 11.5. The first-order chi connectivity index (χ1) is 10.8. The van der Waals surface area contributed by atoms with Crippen molar-refractivity contribution < 1.29 is 14.4 Å². The van der Waals surface area contributed by atoms with Crippen molar-refractivity contribution in [2.24, 2.45) is 0 Å². The van der Waals surface area contributed by atoms with Gasteiger partial charge in [0.05, 0.1) is 6.61 Å². The lowest BCUT2D eigenvalue weighted by molar-refractivity contribution is -0.121. The molecule has 0 aliphatic rings. The van der Waals surface area contributed by atoms with Crippen LogP contribution in [-0.4, -0.2) is 39.3 Å². The largest absolute Gasteiger partial charge is 0.395 e. The SMILES string of the molecule is O=C(CCc1nc(-c2ccc3cc[nH]c3c2)no1)NCCO. The molecule has 0 saturated carbocycles. The third-order valence-corrected chi connectivity index (χ3v) is 3.28. The molecule has 2 heterocycles. The fraction of sp³-hybridized carbons (Fsp3) is 0.267. The van der Waals surface area contributed by atoms with Gasteiger partial charge in [-0.25, -0.2) is 0 Å². The number of nitrogens with zero attached hydrogens (tertiary/aromatic N) is 2. The van der Waals surface area contributed by atoms with Crippen molar-refractivity contribution in [3.8, 4) is 11.4 Å². The highest BCUT2D eigenvalue weighted by Gasteiger charge is 2.11. The van der Waals surface area contributed by atoms with Gasteiger partial charge in [-0.15, -0.1) is 0 Å². The van der Waals surface area contributed by atoms with Gasteiger partial charge < -0.3 is 19.9 Å². The molecule has 114 valence electrons. The maximum absolute atomic E-state index is 11.5. The fourth-order valence-corrected chi connectivity index (χ4v) is 2.16. The number of H-pyrrole nitrogens is 1. The lowest BCUT2D eigenvalue weighted by Crippen LogP contribution is -2.26. The molecule has 3 rings (SSSR count). The Morgan fingerprint density at radius 3 is 3.14 bits per heavy atom. The smallest absolute Gasteiger partial charge is 0.227 e. The number of nitrogens with one attached hydrogen (secondary N) is 2. The van der Waals surface area contributed by atoms with E-state index >= 15 is 0 Å². The molecule has 7 heteroatoms. The lowest BCUT2D eigenvalue weighted by Gasteiger charge is -2.00. The van der Waals surface area contributed by atoms with Crippen LogP contribution in [0.25, 0.3) is 22.3 Å². The molecule has 22 heavy (non-hydrogen) atoms. The lowest BCUT2D eigenvalue weighted by atomic mass is 10.1. The Kier molecular flexibility index (Phi) is 4.15. The van der Waals surface area contributed by atoms with Crippen LogP contribution in [0, 0.1) is 0 Å². The van der Waals surface area contributed by atoms with Crippen LogP contribution in [0.2, 0.25) is 0 Å². The summed E-state index contributed by atoms with van der Waals surface area (Å²) in [5.74, 6) is 0.768.